The predicted octanol–water partition coefficient (Wildman–Crippen LogP) is 2.93. The number of nitrogens with two attached hydrogens (primary N) is 1. The molecule has 2 aliphatic carbocycles. The third kappa shape index (κ3) is 2.61. The van der Waals surface area contributed by atoms with Crippen LogP contribution in [0.4, 0.5) is 0 Å². The highest BCUT2D eigenvalue weighted by molar-refractivity contribution is 5.80. The van der Waals surface area contributed by atoms with E-state index in [1.54, 1.807) is 0 Å². The van der Waals surface area contributed by atoms with Crippen molar-refractivity contribution in [2.24, 2.45) is 23.5 Å². The third-order valence-electron chi connectivity index (χ3n) is 6.08. The fourth-order valence-corrected chi connectivity index (χ4v) is 4.97. The summed E-state index contributed by atoms with van der Waals surface area (Å²) >= 11 is 0. The van der Waals surface area contributed by atoms with Crippen molar-refractivity contribution in [2.75, 3.05) is 6.54 Å². The van der Waals surface area contributed by atoms with E-state index in [0.717, 1.165) is 18.9 Å². The molecule has 0 bridgehead atoms. The molecule has 0 aromatic heterocycles. The van der Waals surface area contributed by atoms with Crippen molar-refractivity contribution in [1.82, 2.24) is 4.90 Å². The number of carbonyl (C=O) groups excluding carboxylic acids is 1. The number of rotatable bonds is 1. The van der Waals surface area contributed by atoms with Gasteiger partial charge in [0, 0.05) is 18.6 Å². The lowest BCUT2D eigenvalue weighted by Crippen LogP contribution is -2.56. The summed E-state index contributed by atoms with van der Waals surface area (Å²) in [6.45, 7) is 3.21. The third-order valence-corrected chi connectivity index (χ3v) is 6.08. The number of piperidine rings is 1. The highest BCUT2D eigenvalue weighted by atomic mass is 16.2. The van der Waals surface area contributed by atoms with Gasteiger partial charge in [-0.05, 0) is 50.4 Å². The molecule has 0 spiro atoms. The summed E-state index contributed by atoms with van der Waals surface area (Å²) in [6, 6.07) is 0.626. The van der Waals surface area contributed by atoms with E-state index in [9.17, 15) is 4.79 Å². The molecule has 1 saturated heterocycles. The Kier molecular flexibility index (Phi) is 4.34. The zero-order valence-corrected chi connectivity index (χ0v) is 12.9. The Bertz CT molecular complexity index is 345. The molecule has 3 nitrogen and oxygen atoms in total. The molecule has 3 fully saturated rings. The highest BCUT2D eigenvalue weighted by Gasteiger charge is 2.42. The molecule has 5 atom stereocenters. The van der Waals surface area contributed by atoms with Crippen LogP contribution in [0.3, 0.4) is 0 Å². The summed E-state index contributed by atoms with van der Waals surface area (Å²) in [7, 11) is 0. The topological polar surface area (TPSA) is 46.3 Å². The first-order valence-electron chi connectivity index (χ1n) is 8.74. The van der Waals surface area contributed by atoms with E-state index in [2.05, 4.69) is 11.8 Å². The molecule has 3 rings (SSSR count). The number of amides is 1. The quantitative estimate of drug-likeness (QED) is 0.801. The smallest absolute Gasteiger partial charge is 0.227 e. The Morgan fingerprint density at radius 3 is 2.55 bits per heavy atom. The molecule has 3 aliphatic rings. The summed E-state index contributed by atoms with van der Waals surface area (Å²) in [5, 5.41) is 0. The van der Waals surface area contributed by atoms with Gasteiger partial charge in [0.1, 0.15) is 0 Å². The van der Waals surface area contributed by atoms with Crippen molar-refractivity contribution in [1.29, 1.82) is 0 Å². The molecule has 1 amide bonds. The van der Waals surface area contributed by atoms with Gasteiger partial charge in [-0.3, -0.25) is 4.79 Å². The van der Waals surface area contributed by atoms with Gasteiger partial charge in [-0.25, -0.2) is 0 Å². The fraction of sp³-hybridized carbons (Fsp3) is 0.941. The Morgan fingerprint density at radius 2 is 1.75 bits per heavy atom. The van der Waals surface area contributed by atoms with Gasteiger partial charge >= 0.3 is 0 Å². The van der Waals surface area contributed by atoms with Crippen molar-refractivity contribution in [3.05, 3.63) is 0 Å². The molecule has 2 N–H and O–H groups in total. The second-order valence-corrected chi connectivity index (χ2v) is 7.38. The summed E-state index contributed by atoms with van der Waals surface area (Å²) in [4.78, 5) is 15.3. The number of carbonyl (C=O) groups is 1. The fourth-order valence-electron chi connectivity index (χ4n) is 4.97. The summed E-state index contributed by atoms with van der Waals surface area (Å²) in [5.41, 5.74) is 6.30. The van der Waals surface area contributed by atoms with Crippen LogP contribution in [-0.2, 0) is 4.79 Å². The van der Waals surface area contributed by atoms with E-state index >= 15 is 0 Å². The zero-order chi connectivity index (χ0) is 14.1. The van der Waals surface area contributed by atoms with E-state index in [4.69, 9.17) is 5.73 Å². The molecule has 2 saturated carbocycles. The lowest BCUT2D eigenvalue weighted by molar-refractivity contribution is -0.145. The zero-order valence-electron chi connectivity index (χ0n) is 12.9. The molecule has 114 valence electrons. The monoisotopic (exact) mass is 278 g/mol. The van der Waals surface area contributed by atoms with Crippen LogP contribution in [0.1, 0.15) is 64.7 Å². The number of likely N-dealkylation sites (tertiary alicyclic amines) is 1. The maximum Gasteiger partial charge on any atom is 0.227 e. The maximum absolute atomic E-state index is 13.1. The molecular weight excluding hydrogens is 248 g/mol. The van der Waals surface area contributed by atoms with E-state index < -0.39 is 0 Å². The van der Waals surface area contributed by atoms with Gasteiger partial charge < -0.3 is 10.6 Å². The molecule has 20 heavy (non-hydrogen) atoms. The Morgan fingerprint density at radius 1 is 1.00 bits per heavy atom. The summed E-state index contributed by atoms with van der Waals surface area (Å²) < 4.78 is 0. The van der Waals surface area contributed by atoms with E-state index in [1.165, 1.54) is 51.4 Å². The van der Waals surface area contributed by atoms with Crippen molar-refractivity contribution < 1.29 is 4.79 Å². The Hall–Kier alpha value is -0.570. The first-order valence-corrected chi connectivity index (χ1v) is 8.74. The molecule has 0 aromatic rings. The Labute approximate surface area is 123 Å². The lowest BCUT2D eigenvalue weighted by Gasteiger charge is -2.47. The normalized spacial score (nSPS) is 42.1. The average molecular weight is 278 g/mol. The van der Waals surface area contributed by atoms with Crippen LogP contribution in [0.25, 0.3) is 0 Å². The van der Waals surface area contributed by atoms with Crippen molar-refractivity contribution >= 4 is 5.91 Å². The van der Waals surface area contributed by atoms with Crippen LogP contribution < -0.4 is 5.73 Å². The van der Waals surface area contributed by atoms with Crippen molar-refractivity contribution in [3.8, 4) is 0 Å². The largest absolute Gasteiger partial charge is 0.339 e. The molecule has 1 heterocycles. The van der Waals surface area contributed by atoms with Crippen LogP contribution >= 0.6 is 0 Å². The number of hydrogen-bond donors (Lipinski definition) is 1. The molecule has 3 heteroatoms. The van der Waals surface area contributed by atoms with Crippen LogP contribution in [0.5, 0.6) is 0 Å². The standard InChI is InChI=1S/C17H30N2O/c1-12-6-4-9-14(18)16(12)17(20)19-11-5-8-13-7-2-3-10-15(13)19/h12-16H,2-11,18H2,1H3. The summed E-state index contributed by atoms with van der Waals surface area (Å²) in [6.07, 6.45) is 11.2. The molecule has 5 unspecified atom stereocenters. The first kappa shape index (κ1) is 14.4. The van der Waals surface area contributed by atoms with Gasteiger partial charge in [-0.2, -0.15) is 0 Å². The average Bonchev–Trinajstić information content (AvgIpc) is 2.46. The highest BCUT2D eigenvalue weighted by Crippen LogP contribution is 2.38. The number of fused-ring (bicyclic) bond motifs is 1. The Balaban J connectivity index is 1.74. The van der Waals surface area contributed by atoms with E-state index in [-0.39, 0.29) is 12.0 Å². The predicted molar refractivity (Wildman–Crippen MR) is 81.2 cm³/mol. The van der Waals surface area contributed by atoms with Crippen LogP contribution in [0, 0.1) is 17.8 Å². The van der Waals surface area contributed by atoms with Gasteiger partial charge in [0.05, 0.1) is 5.92 Å². The lowest BCUT2D eigenvalue weighted by atomic mass is 9.74. The van der Waals surface area contributed by atoms with Crippen molar-refractivity contribution in [3.63, 3.8) is 0 Å². The first-order chi connectivity index (χ1) is 9.68. The number of nitrogens with zero attached hydrogens (tertiary/aromatic N) is 1. The van der Waals surface area contributed by atoms with E-state index in [0.29, 0.717) is 17.9 Å². The maximum atomic E-state index is 13.1. The van der Waals surface area contributed by atoms with Crippen LogP contribution in [0.2, 0.25) is 0 Å². The molecule has 0 aromatic carbocycles. The van der Waals surface area contributed by atoms with Gasteiger partial charge in [0.2, 0.25) is 5.91 Å². The van der Waals surface area contributed by atoms with Gasteiger partial charge in [-0.15, -0.1) is 0 Å². The minimum Gasteiger partial charge on any atom is -0.339 e. The second-order valence-electron chi connectivity index (χ2n) is 7.38. The van der Waals surface area contributed by atoms with Gasteiger partial charge in [0.25, 0.3) is 0 Å². The molecular formula is C17H30N2O. The SMILES string of the molecule is CC1CCCC(N)C1C(=O)N1CCCC2CCCCC21. The number of hydrogen-bond acceptors (Lipinski definition) is 2. The minimum absolute atomic E-state index is 0.0874. The second kappa shape index (κ2) is 6.05. The summed E-state index contributed by atoms with van der Waals surface area (Å²) in [5.74, 6) is 1.72. The van der Waals surface area contributed by atoms with Crippen molar-refractivity contribution in [2.45, 2.75) is 76.8 Å². The van der Waals surface area contributed by atoms with Crippen LogP contribution in [-0.4, -0.2) is 29.4 Å². The molecule has 0 radical (unpaired) electrons. The van der Waals surface area contributed by atoms with Crippen LogP contribution in [0.15, 0.2) is 0 Å². The minimum atomic E-state index is 0.0874. The van der Waals surface area contributed by atoms with E-state index in [1.807, 2.05) is 0 Å². The molecule has 1 aliphatic heterocycles. The van der Waals surface area contributed by atoms with Gasteiger partial charge in [0.15, 0.2) is 0 Å². The van der Waals surface area contributed by atoms with Gasteiger partial charge in [-0.1, -0.05) is 26.2 Å².